The predicted molar refractivity (Wildman–Crippen MR) is 110 cm³/mol. The average molecular weight is 466 g/mol. The molecule has 0 saturated heterocycles. The van der Waals surface area contributed by atoms with E-state index in [1.807, 2.05) is 0 Å². The third-order valence-corrected chi connectivity index (χ3v) is 4.90. The Labute approximate surface area is 185 Å². The lowest BCUT2D eigenvalue weighted by atomic mass is 9.99. The Morgan fingerprint density at radius 3 is 2.28 bits per heavy atom. The third-order valence-electron chi connectivity index (χ3n) is 4.55. The highest BCUT2D eigenvalue weighted by molar-refractivity contribution is 6.31. The Hall–Kier alpha value is -3.59. The molecule has 166 valence electrons. The Bertz CT molecular complexity index is 1150. The number of esters is 1. The second-order valence-electron chi connectivity index (χ2n) is 6.57. The summed E-state index contributed by atoms with van der Waals surface area (Å²) in [5.74, 6) is -0.943. The Kier molecular flexibility index (Phi) is 6.69. The minimum atomic E-state index is -4.52. The summed E-state index contributed by atoms with van der Waals surface area (Å²) in [6, 6.07) is 14.2. The van der Waals surface area contributed by atoms with Crippen molar-refractivity contribution in [3.05, 3.63) is 104 Å². The molecule has 1 unspecified atom stereocenters. The predicted octanol–water partition coefficient (Wildman–Crippen LogP) is 6.22. The van der Waals surface area contributed by atoms with Crippen molar-refractivity contribution in [3.8, 4) is 5.75 Å². The number of carbonyl (C=O) groups is 1. The van der Waals surface area contributed by atoms with Crippen LogP contribution in [-0.2, 0) is 10.9 Å². The van der Waals surface area contributed by atoms with Crippen LogP contribution in [0.1, 0.15) is 33.2 Å². The lowest BCUT2D eigenvalue weighted by Crippen LogP contribution is -2.14. The Morgan fingerprint density at radius 2 is 1.72 bits per heavy atom. The summed E-state index contributed by atoms with van der Waals surface area (Å²) in [5.41, 5.74) is -0.680. The number of ether oxygens (including phenoxy) is 2. The summed E-state index contributed by atoms with van der Waals surface area (Å²) in [4.78, 5) is 22.6. The number of nitro benzene ring substituents is 1. The SMILES string of the molecule is COC(=O)c1cc([N+](=O)[O-])ccc1OC(c1ccc(C(F)(F)F)cc1)c1ccccc1Cl. The molecule has 6 nitrogen and oxygen atoms in total. The number of hydrogen-bond donors (Lipinski definition) is 0. The summed E-state index contributed by atoms with van der Waals surface area (Å²) >= 11 is 6.29. The van der Waals surface area contributed by atoms with Crippen molar-refractivity contribution in [2.45, 2.75) is 12.3 Å². The topological polar surface area (TPSA) is 78.7 Å². The minimum absolute atomic E-state index is 0.0627. The second kappa shape index (κ2) is 9.27. The van der Waals surface area contributed by atoms with E-state index in [9.17, 15) is 28.1 Å². The van der Waals surface area contributed by atoms with Gasteiger partial charge in [-0.05, 0) is 29.8 Å². The maximum atomic E-state index is 13.0. The molecule has 0 aliphatic carbocycles. The van der Waals surface area contributed by atoms with Gasteiger partial charge in [0.1, 0.15) is 11.3 Å². The van der Waals surface area contributed by atoms with Crippen molar-refractivity contribution < 1.29 is 32.4 Å². The molecule has 1 atom stereocenters. The van der Waals surface area contributed by atoms with Crippen molar-refractivity contribution in [1.29, 1.82) is 0 Å². The van der Waals surface area contributed by atoms with Crippen molar-refractivity contribution in [1.82, 2.24) is 0 Å². The van der Waals surface area contributed by atoms with Gasteiger partial charge in [-0.2, -0.15) is 13.2 Å². The zero-order valence-corrected chi connectivity index (χ0v) is 17.2. The Morgan fingerprint density at radius 1 is 1.06 bits per heavy atom. The lowest BCUT2D eigenvalue weighted by molar-refractivity contribution is -0.384. The average Bonchev–Trinajstić information content (AvgIpc) is 2.77. The van der Waals surface area contributed by atoms with Crippen LogP contribution < -0.4 is 4.74 Å². The zero-order chi connectivity index (χ0) is 23.5. The minimum Gasteiger partial charge on any atom is -0.480 e. The first-order chi connectivity index (χ1) is 15.1. The number of alkyl halides is 3. The van der Waals surface area contributed by atoms with Crippen LogP contribution in [0.3, 0.4) is 0 Å². The van der Waals surface area contributed by atoms with Crippen LogP contribution in [0.15, 0.2) is 66.7 Å². The van der Waals surface area contributed by atoms with Crippen molar-refractivity contribution in [3.63, 3.8) is 0 Å². The molecule has 3 aromatic carbocycles. The van der Waals surface area contributed by atoms with Crippen molar-refractivity contribution >= 4 is 23.3 Å². The normalized spacial score (nSPS) is 12.2. The molecule has 0 saturated carbocycles. The fourth-order valence-electron chi connectivity index (χ4n) is 2.98. The maximum Gasteiger partial charge on any atom is 0.416 e. The molecule has 3 aromatic rings. The molecule has 10 heteroatoms. The number of non-ortho nitro benzene ring substituents is 1. The van der Waals surface area contributed by atoms with Gasteiger partial charge in [0, 0.05) is 22.7 Å². The number of hydrogen-bond acceptors (Lipinski definition) is 5. The number of nitro groups is 1. The summed E-state index contributed by atoms with van der Waals surface area (Å²) < 4.78 is 49.6. The molecule has 0 aliphatic rings. The number of halogens is 4. The standard InChI is InChI=1S/C22H15ClF3NO5/c1-31-21(28)17-12-15(27(29)30)10-11-19(17)32-20(16-4-2-3-5-18(16)23)13-6-8-14(9-7-13)22(24,25)26/h2-12,20H,1H3. The number of rotatable bonds is 6. The van der Waals surface area contributed by atoms with Gasteiger partial charge in [-0.3, -0.25) is 10.1 Å². The maximum absolute atomic E-state index is 13.0. The molecule has 0 amide bonds. The molecule has 0 heterocycles. The molecule has 0 bridgehead atoms. The van der Waals surface area contributed by atoms with Gasteiger partial charge in [0.2, 0.25) is 0 Å². The van der Waals surface area contributed by atoms with E-state index in [0.29, 0.717) is 11.1 Å². The highest BCUT2D eigenvalue weighted by atomic mass is 35.5. The largest absolute Gasteiger partial charge is 0.480 e. The lowest BCUT2D eigenvalue weighted by Gasteiger charge is -2.23. The van der Waals surface area contributed by atoms with Crippen LogP contribution >= 0.6 is 11.6 Å². The molecular weight excluding hydrogens is 451 g/mol. The molecule has 0 N–H and O–H groups in total. The Balaban J connectivity index is 2.11. The van der Waals surface area contributed by atoms with Crippen LogP contribution in [0.4, 0.5) is 18.9 Å². The van der Waals surface area contributed by atoms with E-state index in [-0.39, 0.29) is 22.0 Å². The van der Waals surface area contributed by atoms with Gasteiger partial charge in [0.25, 0.3) is 5.69 Å². The van der Waals surface area contributed by atoms with Crippen LogP contribution in [0.2, 0.25) is 5.02 Å². The quantitative estimate of drug-likeness (QED) is 0.245. The van der Waals surface area contributed by atoms with Gasteiger partial charge < -0.3 is 9.47 Å². The van der Waals surface area contributed by atoms with Crippen LogP contribution in [-0.4, -0.2) is 18.0 Å². The molecule has 0 spiro atoms. The van der Waals surface area contributed by atoms with E-state index >= 15 is 0 Å². The van der Waals surface area contributed by atoms with Gasteiger partial charge in [-0.25, -0.2) is 4.79 Å². The number of nitrogens with zero attached hydrogens (tertiary/aromatic N) is 1. The van der Waals surface area contributed by atoms with Gasteiger partial charge in [-0.1, -0.05) is 41.9 Å². The van der Waals surface area contributed by atoms with Gasteiger partial charge in [0.05, 0.1) is 17.6 Å². The second-order valence-corrected chi connectivity index (χ2v) is 6.98. The van der Waals surface area contributed by atoms with E-state index in [0.717, 1.165) is 31.4 Å². The van der Waals surface area contributed by atoms with E-state index in [1.165, 1.54) is 18.2 Å². The zero-order valence-electron chi connectivity index (χ0n) is 16.4. The van der Waals surface area contributed by atoms with E-state index in [4.69, 9.17) is 16.3 Å². The van der Waals surface area contributed by atoms with Crippen LogP contribution in [0.5, 0.6) is 5.75 Å². The summed E-state index contributed by atoms with van der Waals surface area (Å²) in [5, 5.41) is 11.4. The molecule has 0 fully saturated rings. The summed E-state index contributed by atoms with van der Waals surface area (Å²) in [7, 11) is 1.10. The van der Waals surface area contributed by atoms with Gasteiger partial charge >= 0.3 is 12.1 Å². The fraction of sp³-hybridized carbons (Fsp3) is 0.136. The summed E-state index contributed by atoms with van der Waals surface area (Å²) in [6.07, 6.45) is -5.54. The number of carbonyl (C=O) groups excluding carboxylic acids is 1. The van der Waals surface area contributed by atoms with Crippen molar-refractivity contribution in [2.75, 3.05) is 7.11 Å². The van der Waals surface area contributed by atoms with E-state index in [1.54, 1.807) is 24.3 Å². The first-order valence-electron chi connectivity index (χ1n) is 9.07. The highest BCUT2D eigenvalue weighted by Gasteiger charge is 2.31. The van der Waals surface area contributed by atoms with E-state index < -0.39 is 28.7 Å². The first-order valence-corrected chi connectivity index (χ1v) is 9.44. The van der Waals surface area contributed by atoms with Crippen LogP contribution in [0, 0.1) is 10.1 Å². The third kappa shape index (κ3) is 5.00. The first kappa shape index (κ1) is 23.1. The monoisotopic (exact) mass is 465 g/mol. The van der Waals surface area contributed by atoms with E-state index in [2.05, 4.69) is 4.74 Å². The van der Waals surface area contributed by atoms with Crippen LogP contribution in [0.25, 0.3) is 0 Å². The fourth-order valence-corrected chi connectivity index (χ4v) is 3.21. The molecule has 32 heavy (non-hydrogen) atoms. The molecule has 0 aromatic heterocycles. The van der Waals surface area contributed by atoms with Crippen molar-refractivity contribution in [2.24, 2.45) is 0 Å². The summed E-state index contributed by atoms with van der Waals surface area (Å²) in [6.45, 7) is 0. The van der Waals surface area contributed by atoms with Gasteiger partial charge in [-0.15, -0.1) is 0 Å². The van der Waals surface area contributed by atoms with Gasteiger partial charge in [0.15, 0.2) is 6.10 Å². The molecule has 0 radical (unpaired) electrons. The highest BCUT2D eigenvalue weighted by Crippen LogP contribution is 2.37. The number of methoxy groups -OCH3 is 1. The number of benzene rings is 3. The molecule has 0 aliphatic heterocycles. The molecule has 3 rings (SSSR count). The molecular formula is C22H15ClF3NO5. The smallest absolute Gasteiger partial charge is 0.416 e.